The summed E-state index contributed by atoms with van der Waals surface area (Å²) in [7, 11) is 0. The third-order valence-corrected chi connectivity index (χ3v) is 4.08. The van der Waals surface area contributed by atoms with Crippen LogP contribution in [0.1, 0.15) is 22.4 Å². The Bertz CT molecular complexity index is 932. The highest BCUT2D eigenvalue weighted by Gasteiger charge is 2.15. The van der Waals surface area contributed by atoms with Gasteiger partial charge >= 0.3 is 0 Å². The molecule has 0 bridgehead atoms. The van der Waals surface area contributed by atoms with Gasteiger partial charge in [0.15, 0.2) is 5.71 Å². The molecule has 0 aliphatic heterocycles. The number of hydrogen-bond donors (Lipinski definition) is 5. The number of anilines is 2. The van der Waals surface area contributed by atoms with Crippen molar-refractivity contribution in [3.8, 4) is 6.07 Å². The summed E-state index contributed by atoms with van der Waals surface area (Å²) in [4.78, 5) is 19.3. The maximum Gasteiger partial charge on any atom is 0.276 e. The minimum absolute atomic E-state index is 0.0315. The largest absolute Gasteiger partial charge is 0.394 e. The Labute approximate surface area is 162 Å². The minimum Gasteiger partial charge on any atom is -0.394 e. The molecule has 0 aliphatic carbocycles. The molecule has 5 N–H and O–H groups in total. The lowest BCUT2D eigenvalue weighted by Gasteiger charge is -2.12. The fraction of sp³-hybridized carbons (Fsp3) is 0.368. The van der Waals surface area contributed by atoms with Gasteiger partial charge in [-0.15, -0.1) is 0 Å². The average molecular weight is 384 g/mol. The zero-order valence-electron chi connectivity index (χ0n) is 15.9. The quantitative estimate of drug-likeness (QED) is 0.306. The number of aromatic amines is 1. The van der Waals surface area contributed by atoms with Crippen LogP contribution in [0.4, 0.5) is 11.6 Å². The summed E-state index contributed by atoms with van der Waals surface area (Å²) in [6, 6.07) is 7.75. The molecule has 9 nitrogen and oxygen atoms in total. The standard InChI is InChI=1S/C19H24N6O3/c1-12-3-4-14(9-13(12)2)11-23-19-24-16(15(21)10-20)17(18(27)25-19)22-5-7-28-8-6-26/h3-4,9,21-22,26H,5-8,11H2,1-2H3,(H2,23,24,25,27). The lowest BCUT2D eigenvalue weighted by atomic mass is 10.1. The molecule has 0 spiro atoms. The summed E-state index contributed by atoms with van der Waals surface area (Å²) < 4.78 is 5.12. The van der Waals surface area contributed by atoms with Gasteiger partial charge in [0.05, 0.1) is 19.8 Å². The molecule has 1 aromatic heterocycles. The van der Waals surface area contributed by atoms with E-state index >= 15 is 0 Å². The molecule has 0 saturated heterocycles. The number of aromatic nitrogens is 2. The molecule has 1 aromatic carbocycles. The predicted molar refractivity (Wildman–Crippen MR) is 107 cm³/mol. The van der Waals surface area contributed by atoms with Crippen LogP contribution >= 0.6 is 0 Å². The van der Waals surface area contributed by atoms with Crippen molar-refractivity contribution in [2.75, 3.05) is 37.0 Å². The zero-order valence-corrected chi connectivity index (χ0v) is 15.9. The number of ether oxygens (including phenoxy) is 1. The van der Waals surface area contributed by atoms with E-state index < -0.39 is 11.3 Å². The normalized spacial score (nSPS) is 10.4. The van der Waals surface area contributed by atoms with Crippen LogP contribution in [0, 0.1) is 30.6 Å². The first kappa shape index (κ1) is 21.1. The Morgan fingerprint density at radius 3 is 2.79 bits per heavy atom. The number of nitriles is 1. The average Bonchev–Trinajstić information content (AvgIpc) is 2.69. The van der Waals surface area contributed by atoms with Crippen molar-refractivity contribution in [2.45, 2.75) is 20.4 Å². The van der Waals surface area contributed by atoms with E-state index in [2.05, 4.69) is 20.6 Å². The van der Waals surface area contributed by atoms with Gasteiger partial charge in [-0.1, -0.05) is 18.2 Å². The number of benzene rings is 1. The summed E-state index contributed by atoms with van der Waals surface area (Å²) in [6.07, 6.45) is 0. The lowest BCUT2D eigenvalue weighted by Crippen LogP contribution is -2.24. The van der Waals surface area contributed by atoms with Gasteiger partial charge in [0.1, 0.15) is 17.5 Å². The highest BCUT2D eigenvalue weighted by molar-refractivity contribution is 6.11. The SMILES string of the molecule is Cc1ccc(CNc2nc(C(=N)C#N)c(NCCOCCO)c(=O)[nH]2)cc1C. The molecule has 0 atom stereocenters. The van der Waals surface area contributed by atoms with Gasteiger partial charge in [0, 0.05) is 13.1 Å². The number of hydrogen-bond acceptors (Lipinski definition) is 8. The second-order valence-corrected chi connectivity index (χ2v) is 6.16. The number of aliphatic hydroxyl groups is 1. The van der Waals surface area contributed by atoms with Gasteiger partial charge in [-0.05, 0) is 30.5 Å². The van der Waals surface area contributed by atoms with E-state index in [-0.39, 0.29) is 43.7 Å². The van der Waals surface area contributed by atoms with E-state index in [0.29, 0.717) is 6.54 Å². The molecule has 0 radical (unpaired) electrons. The summed E-state index contributed by atoms with van der Waals surface area (Å²) in [6.45, 7) is 5.12. The van der Waals surface area contributed by atoms with E-state index in [4.69, 9.17) is 20.5 Å². The second kappa shape index (κ2) is 10.2. The Morgan fingerprint density at radius 1 is 1.32 bits per heavy atom. The smallest absolute Gasteiger partial charge is 0.276 e. The Hall–Kier alpha value is -3.22. The van der Waals surface area contributed by atoms with Crippen molar-refractivity contribution in [1.29, 1.82) is 10.7 Å². The number of nitrogens with one attached hydrogen (secondary N) is 4. The Morgan fingerprint density at radius 2 is 2.11 bits per heavy atom. The van der Waals surface area contributed by atoms with Crippen LogP contribution in [0.15, 0.2) is 23.0 Å². The Kier molecular flexibility index (Phi) is 7.68. The third kappa shape index (κ3) is 5.64. The summed E-state index contributed by atoms with van der Waals surface area (Å²) in [5.41, 5.74) is 2.47. The molecule has 28 heavy (non-hydrogen) atoms. The maximum atomic E-state index is 12.4. The zero-order chi connectivity index (χ0) is 20.5. The van der Waals surface area contributed by atoms with Gasteiger partial charge in [0.2, 0.25) is 5.95 Å². The van der Waals surface area contributed by atoms with Crippen LogP contribution in [-0.4, -0.2) is 47.2 Å². The van der Waals surface area contributed by atoms with Gasteiger partial charge in [0.25, 0.3) is 5.56 Å². The van der Waals surface area contributed by atoms with Crippen molar-refractivity contribution >= 4 is 17.3 Å². The number of H-pyrrole nitrogens is 1. The highest BCUT2D eigenvalue weighted by atomic mass is 16.5. The molecule has 9 heteroatoms. The first-order valence-electron chi connectivity index (χ1n) is 8.82. The lowest BCUT2D eigenvalue weighted by molar-refractivity contribution is 0.0992. The summed E-state index contributed by atoms with van der Waals surface area (Å²) >= 11 is 0. The molecule has 0 fully saturated rings. The number of rotatable bonds is 10. The van der Waals surface area contributed by atoms with Gasteiger partial charge in [-0.2, -0.15) is 5.26 Å². The minimum atomic E-state index is -0.491. The first-order chi connectivity index (χ1) is 13.5. The van der Waals surface area contributed by atoms with Crippen LogP contribution in [0.3, 0.4) is 0 Å². The molecular formula is C19H24N6O3. The van der Waals surface area contributed by atoms with Gasteiger partial charge < -0.3 is 20.5 Å². The molecule has 0 saturated carbocycles. The molecule has 0 amide bonds. The van der Waals surface area contributed by atoms with Crippen molar-refractivity contribution in [3.63, 3.8) is 0 Å². The van der Waals surface area contributed by atoms with Gasteiger partial charge in [-0.3, -0.25) is 15.2 Å². The molecule has 1 heterocycles. The molecule has 0 aliphatic rings. The number of aryl methyl sites for hydroxylation is 2. The Balaban J connectivity index is 2.16. The van der Waals surface area contributed by atoms with Crippen LogP contribution in [0.25, 0.3) is 0 Å². The first-order valence-corrected chi connectivity index (χ1v) is 8.82. The van der Waals surface area contributed by atoms with Gasteiger partial charge in [-0.25, -0.2) is 4.98 Å². The fourth-order valence-electron chi connectivity index (χ4n) is 2.47. The number of aliphatic hydroxyl groups excluding tert-OH is 1. The third-order valence-electron chi connectivity index (χ3n) is 4.08. The van der Waals surface area contributed by atoms with E-state index in [9.17, 15) is 4.79 Å². The predicted octanol–water partition coefficient (Wildman–Crippen LogP) is 1.31. The van der Waals surface area contributed by atoms with Crippen molar-refractivity contribution in [1.82, 2.24) is 9.97 Å². The van der Waals surface area contributed by atoms with Crippen LogP contribution in [0.5, 0.6) is 0 Å². The van der Waals surface area contributed by atoms with E-state index in [1.54, 1.807) is 6.07 Å². The van der Waals surface area contributed by atoms with Crippen molar-refractivity contribution in [2.24, 2.45) is 0 Å². The van der Waals surface area contributed by atoms with E-state index in [0.717, 1.165) is 11.1 Å². The maximum absolute atomic E-state index is 12.4. The monoisotopic (exact) mass is 384 g/mol. The fourth-order valence-corrected chi connectivity index (χ4v) is 2.47. The molecular weight excluding hydrogens is 360 g/mol. The van der Waals surface area contributed by atoms with Crippen LogP contribution < -0.4 is 16.2 Å². The molecule has 0 unspecified atom stereocenters. The topological polar surface area (TPSA) is 147 Å². The highest BCUT2D eigenvalue weighted by Crippen LogP contribution is 2.13. The van der Waals surface area contributed by atoms with Crippen LogP contribution in [-0.2, 0) is 11.3 Å². The van der Waals surface area contributed by atoms with Crippen molar-refractivity contribution in [3.05, 3.63) is 50.9 Å². The number of nitrogens with zero attached hydrogens (tertiary/aromatic N) is 2. The molecule has 2 rings (SSSR count). The summed E-state index contributed by atoms with van der Waals surface area (Å²) in [5, 5.41) is 31.4. The second-order valence-electron chi connectivity index (χ2n) is 6.16. The summed E-state index contributed by atoms with van der Waals surface area (Å²) in [5.74, 6) is 0.181. The molecule has 2 aromatic rings. The van der Waals surface area contributed by atoms with E-state index in [1.807, 2.05) is 32.0 Å². The van der Waals surface area contributed by atoms with E-state index in [1.165, 1.54) is 5.56 Å². The van der Waals surface area contributed by atoms with Crippen LogP contribution in [0.2, 0.25) is 0 Å². The van der Waals surface area contributed by atoms with Crippen molar-refractivity contribution < 1.29 is 9.84 Å². The molecule has 148 valence electrons.